The van der Waals surface area contributed by atoms with Gasteiger partial charge < -0.3 is 5.11 Å². The first kappa shape index (κ1) is 12.9. The molecule has 0 saturated heterocycles. The monoisotopic (exact) mass is 242 g/mol. The first-order valence-corrected chi connectivity index (χ1v) is 6.21. The second kappa shape index (κ2) is 5.87. The van der Waals surface area contributed by atoms with Gasteiger partial charge in [0.15, 0.2) is 0 Å². The van der Waals surface area contributed by atoms with Gasteiger partial charge in [-0.05, 0) is 0 Å². The maximum Gasteiger partial charge on any atom is 0.125 e. The summed E-state index contributed by atoms with van der Waals surface area (Å²) in [6.45, 7) is 0.167. The fourth-order valence-electron chi connectivity index (χ4n) is 2.14. The number of aliphatic hydroxyl groups is 1. The standard InChI is InChI=1S/C14H19BN2O/c1-16-8-9-17(2)14(16)15-13(11-18)10-12-6-4-3-5-7-12/h3-9,13,18H,10-11H2,1-2H3/t13-/m0/s1. The zero-order valence-electron chi connectivity index (χ0n) is 11.0. The van der Waals surface area contributed by atoms with E-state index in [-0.39, 0.29) is 12.4 Å². The van der Waals surface area contributed by atoms with Crippen LogP contribution in [0.3, 0.4) is 0 Å². The van der Waals surface area contributed by atoms with Gasteiger partial charge in [-0.25, -0.2) is 0 Å². The second-order valence-corrected chi connectivity index (χ2v) is 4.68. The first-order chi connectivity index (χ1) is 8.70. The van der Waals surface area contributed by atoms with E-state index in [0.717, 1.165) is 12.1 Å². The zero-order chi connectivity index (χ0) is 13.0. The molecule has 0 aliphatic carbocycles. The topological polar surface area (TPSA) is 29.0 Å². The lowest BCUT2D eigenvalue weighted by atomic mass is 9.61. The largest absolute Gasteiger partial charge is 0.400 e. The van der Waals surface area contributed by atoms with Gasteiger partial charge in [0.2, 0.25) is 0 Å². The average molecular weight is 242 g/mol. The minimum absolute atomic E-state index is 0.146. The fourth-order valence-corrected chi connectivity index (χ4v) is 2.14. The van der Waals surface area contributed by atoms with Crippen LogP contribution in [0, 0.1) is 0 Å². The molecule has 1 aromatic heterocycles. The molecular weight excluding hydrogens is 223 g/mol. The van der Waals surface area contributed by atoms with Crippen LogP contribution in [0.25, 0.3) is 0 Å². The van der Waals surface area contributed by atoms with Crippen LogP contribution in [0.15, 0.2) is 42.7 Å². The fraction of sp³-hybridized carbons (Fsp3) is 0.357. The summed E-state index contributed by atoms with van der Waals surface area (Å²) >= 11 is 0. The molecule has 3 nitrogen and oxygen atoms in total. The van der Waals surface area contributed by atoms with E-state index < -0.39 is 0 Å². The Morgan fingerprint density at radius 3 is 2.61 bits per heavy atom. The van der Waals surface area contributed by atoms with E-state index in [1.165, 1.54) is 5.56 Å². The molecule has 0 aliphatic heterocycles. The Balaban J connectivity index is 2.06. The highest BCUT2D eigenvalue weighted by Crippen LogP contribution is 2.11. The molecule has 1 heterocycles. The molecule has 94 valence electrons. The van der Waals surface area contributed by atoms with E-state index >= 15 is 0 Å². The molecule has 1 aromatic carbocycles. The number of nitrogens with zero attached hydrogens (tertiary/aromatic N) is 2. The molecule has 0 spiro atoms. The van der Waals surface area contributed by atoms with Crippen LogP contribution in [0.4, 0.5) is 0 Å². The SMILES string of the molecule is Cn1cc[n+](C)c1[B-][C@H](CO)Cc1ccccc1. The Morgan fingerprint density at radius 2 is 2.06 bits per heavy atom. The van der Waals surface area contributed by atoms with Gasteiger partial charge in [0.25, 0.3) is 0 Å². The van der Waals surface area contributed by atoms with Crippen molar-refractivity contribution in [3.8, 4) is 0 Å². The van der Waals surface area contributed by atoms with Gasteiger partial charge in [0, 0.05) is 12.3 Å². The van der Waals surface area contributed by atoms with Gasteiger partial charge in [-0.2, -0.15) is 13.1 Å². The Morgan fingerprint density at radius 1 is 1.33 bits per heavy atom. The summed E-state index contributed by atoms with van der Waals surface area (Å²) in [6.07, 6.45) is 4.90. The van der Waals surface area contributed by atoms with Crippen LogP contribution >= 0.6 is 0 Å². The van der Waals surface area contributed by atoms with Crippen molar-refractivity contribution in [3.05, 3.63) is 48.3 Å². The molecule has 18 heavy (non-hydrogen) atoms. The lowest BCUT2D eigenvalue weighted by Gasteiger charge is -2.24. The third-order valence-electron chi connectivity index (χ3n) is 3.20. The summed E-state index contributed by atoms with van der Waals surface area (Å²) in [5, 5.41) is 9.52. The number of hydrogen-bond acceptors (Lipinski definition) is 1. The van der Waals surface area contributed by atoms with Crippen molar-refractivity contribution in [2.45, 2.75) is 12.2 Å². The molecule has 1 atom stereocenters. The lowest BCUT2D eigenvalue weighted by molar-refractivity contribution is -0.653. The summed E-state index contributed by atoms with van der Waals surface area (Å²) in [5.41, 5.74) is 2.37. The Labute approximate surface area is 109 Å². The Kier molecular flexibility index (Phi) is 4.21. The molecule has 2 radical (unpaired) electrons. The van der Waals surface area contributed by atoms with Crippen molar-refractivity contribution in [2.75, 3.05) is 6.61 Å². The molecule has 1 N–H and O–H groups in total. The first-order valence-electron chi connectivity index (χ1n) is 6.21. The van der Waals surface area contributed by atoms with Crippen LogP contribution in [-0.4, -0.2) is 23.6 Å². The summed E-state index contributed by atoms with van der Waals surface area (Å²) in [4.78, 5) is 0. The second-order valence-electron chi connectivity index (χ2n) is 4.68. The summed E-state index contributed by atoms with van der Waals surface area (Å²) in [6, 6.07) is 10.3. The van der Waals surface area contributed by atoms with Crippen LogP contribution in [0.1, 0.15) is 5.56 Å². The maximum atomic E-state index is 9.52. The van der Waals surface area contributed by atoms with Gasteiger partial charge in [-0.1, -0.05) is 42.3 Å². The van der Waals surface area contributed by atoms with E-state index in [9.17, 15) is 5.11 Å². The minimum Gasteiger partial charge on any atom is -0.400 e. The summed E-state index contributed by atoms with van der Waals surface area (Å²) in [7, 11) is 6.17. The van der Waals surface area contributed by atoms with Crippen molar-refractivity contribution < 1.29 is 9.67 Å². The van der Waals surface area contributed by atoms with E-state index in [4.69, 9.17) is 0 Å². The highest BCUT2D eigenvalue weighted by Gasteiger charge is 2.05. The highest BCUT2D eigenvalue weighted by atomic mass is 16.3. The highest BCUT2D eigenvalue weighted by molar-refractivity contribution is 6.52. The normalized spacial score (nSPS) is 12.6. The predicted molar refractivity (Wildman–Crippen MR) is 73.0 cm³/mol. The number of aryl methyl sites for hydroxylation is 2. The van der Waals surface area contributed by atoms with Gasteiger partial charge in [0.05, 0.1) is 14.1 Å². The average Bonchev–Trinajstić information content (AvgIpc) is 2.70. The molecule has 2 rings (SSSR count). The van der Waals surface area contributed by atoms with Crippen LogP contribution < -0.4 is 10.3 Å². The molecule has 0 saturated carbocycles. The molecule has 2 aromatic rings. The van der Waals surface area contributed by atoms with Crippen LogP contribution in [-0.2, 0) is 20.5 Å². The van der Waals surface area contributed by atoms with E-state index in [1.807, 2.05) is 44.7 Å². The van der Waals surface area contributed by atoms with Gasteiger partial charge in [0.1, 0.15) is 12.4 Å². The number of imidazole rings is 1. The van der Waals surface area contributed by atoms with Crippen molar-refractivity contribution in [3.63, 3.8) is 0 Å². The molecule has 0 amide bonds. The van der Waals surface area contributed by atoms with Crippen molar-refractivity contribution in [2.24, 2.45) is 14.1 Å². The number of rotatable bonds is 5. The quantitative estimate of drug-likeness (QED) is 0.589. The van der Waals surface area contributed by atoms with Crippen molar-refractivity contribution in [1.82, 2.24) is 4.57 Å². The van der Waals surface area contributed by atoms with Crippen LogP contribution in [0.2, 0.25) is 5.82 Å². The Hall–Kier alpha value is -1.55. The molecule has 0 unspecified atom stereocenters. The third-order valence-corrected chi connectivity index (χ3v) is 3.20. The number of hydrogen-bond donors (Lipinski definition) is 1. The molecule has 0 bridgehead atoms. The summed E-state index contributed by atoms with van der Waals surface area (Å²) in [5.74, 6) is 0.146. The van der Waals surface area contributed by atoms with E-state index in [2.05, 4.69) is 28.5 Å². The molecule has 0 aliphatic rings. The molecule has 0 fully saturated rings. The van der Waals surface area contributed by atoms with Gasteiger partial charge in [-0.15, -0.1) is 0 Å². The smallest absolute Gasteiger partial charge is 0.125 e. The number of aromatic nitrogens is 2. The number of benzene rings is 1. The van der Waals surface area contributed by atoms with Crippen molar-refractivity contribution in [1.29, 1.82) is 0 Å². The van der Waals surface area contributed by atoms with Crippen molar-refractivity contribution >= 4 is 13.0 Å². The maximum absolute atomic E-state index is 9.52. The molecule has 4 heteroatoms. The van der Waals surface area contributed by atoms with Crippen LogP contribution in [0.5, 0.6) is 0 Å². The third kappa shape index (κ3) is 3.02. The minimum atomic E-state index is 0.146. The van der Waals surface area contributed by atoms with Gasteiger partial charge in [-0.3, -0.25) is 9.13 Å². The predicted octanol–water partition coefficient (Wildman–Crippen LogP) is 0.203. The van der Waals surface area contributed by atoms with Gasteiger partial charge >= 0.3 is 0 Å². The van der Waals surface area contributed by atoms with E-state index in [0.29, 0.717) is 0 Å². The number of aliphatic hydroxyl groups excluding tert-OH is 1. The van der Waals surface area contributed by atoms with E-state index in [1.54, 1.807) is 0 Å². The lowest BCUT2D eigenvalue weighted by Crippen LogP contribution is -2.51. The Bertz CT molecular complexity index is 476. The zero-order valence-corrected chi connectivity index (χ0v) is 11.0. The summed E-state index contributed by atoms with van der Waals surface area (Å²) < 4.78 is 4.13. The molecular formula is C14H19BN2O.